The largest absolute Gasteiger partial charge is 0.475 e. The van der Waals surface area contributed by atoms with Crippen LogP contribution in [0.4, 0.5) is 32.6 Å². The first-order valence-electron chi connectivity index (χ1n) is 10.5. The number of nitrogens with zero attached hydrogens (tertiary/aromatic N) is 2. The molecule has 1 fully saturated rings. The minimum Gasteiger partial charge on any atom is -0.475 e. The van der Waals surface area contributed by atoms with Crippen molar-refractivity contribution in [2.24, 2.45) is 0 Å². The lowest BCUT2D eigenvalue weighted by atomic mass is 9.98. The fraction of sp³-hybridized carbons (Fsp3) is 0.500. The van der Waals surface area contributed by atoms with Crippen LogP contribution in [-0.4, -0.2) is 74.6 Å². The van der Waals surface area contributed by atoms with Crippen LogP contribution >= 0.6 is 10.2 Å². The quantitative estimate of drug-likeness (QED) is 0.0700. The van der Waals surface area contributed by atoms with Crippen LogP contribution in [0.1, 0.15) is 24.0 Å². The van der Waals surface area contributed by atoms with Gasteiger partial charge in [0.15, 0.2) is 0 Å². The van der Waals surface area contributed by atoms with Crippen LogP contribution in [0, 0.1) is 4.91 Å². The molecule has 0 aliphatic carbocycles. The van der Waals surface area contributed by atoms with Crippen LogP contribution < -0.4 is 10.3 Å². The normalized spacial score (nSPS) is 21.7. The van der Waals surface area contributed by atoms with Crippen molar-refractivity contribution in [1.82, 2.24) is 10.6 Å². The number of halogens is 8. The number of hydrazine groups is 2. The van der Waals surface area contributed by atoms with E-state index in [2.05, 4.69) is 14.3 Å². The van der Waals surface area contributed by atoms with Crippen molar-refractivity contribution in [1.29, 1.82) is 0 Å². The number of aliphatic hydroxyl groups excluding tert-OH is 1. The molecule has 0 spiro atoms. The van der Waals surface area contributed by atoms with Crippen molar-refractivity contribution in [2.75, 3.05) is 19.9 Å². The van der Waals surface area contributed by atoms with E-state index >= 15 is 0 Å². The average molecular weight is 606 g/mol. The molecule has 0 aromatic heterocycles. The van der Waals surface area contributed by atoms with E-state index in [0.29, 0.717) is 12.8 Å². The molecule has 1 saturated heterocycles. The summed E-state index contributed by atoms with van der Waals surface area (Å²) in [7, 11) is -10.6. The van der Waals surface area contributed by atoms with Crippen LogP contribution in [0.3, 0.4) is 0 Å². The molecule has 222 valence electrons. The zero-order valence-corrected chi connectivity index (χ0v) is 19.9. The Balaban J connectivity index is 1.90. The molecular formula is C18H20F8N3O9S+. The first-order valence-corrected chi connectivity index (χ1v) is 12.4. The number of alkyl halides is 3. The van der Waals surface area contributed by atoms with Gasteiger partial charge in [-0.1, -0.05) is 19.4 Å². The summed E-state index contributed by atoms with van der Waals surface area (Å²) in [6.07, 6.45) is -7.87. The summed E-state index contributed by atoms with van der Waals surface area (Å²) in [6.45, 7) is -1.45. The van der Waals surface area contributed by atoms with Crippen molar-refractivity contribution in [3.8, 4) is 5.75 Å². The summed E-state index contributed by atoms with van der Waals surface area (Å²) in [5.74, 6) is -7.82. The van der Waals surface area contributed by atoms with Gasteiger partial charge < -0.3 is 29.9 Å². The highest BCUT2D eigenvalue weighted by molar-refractivity contribution is 8.45. The maximum atomic E-state index is 13.6. The van der Waals surface area contributed by atoms with Crippen molar-refractivity contribution >= 4 is 22.3 Å². The Hall–Kier alpha value is -2.98. The van der Waals surface area contributed by atoms with Gasteiger partial charge in [-0.2, -0.15) is 18.0 Å². The van der Waals surface area contributed by atoms with E-state index in [9.17, 15) is 62.7 Å². The fourth-order valence-corrected chi connectivity index (χ4v) is 4.40. The molecule has 0 amide bonds. The van der Waals surface area contributed by atoms with Crippen molar-refractivity contribution in [3.05, 3.63) is 33.7 Å². The molecule has 3 rings (SSSR count). The van der Waals surface area contributed by atoms with Gasteiger partial charge in [-0.25, -0.2) is 4.79 Å². The number of nitroso groups, excluding NO2 is 1. The Morgan fingerprint density at radius 2 is 1.82 bits per heavy atom. The number of benzene rings is 1. The molecule has 0 radical (unpaired) electrons. The van der Waals surface area contributed by atoms with Crippen molar-refractivity contribution in [2.45, 2.75) is 42.0 Å². The van der Waals surface area contributed by atoms with E-state index in [1.165, 1.54) is 0 Å². The van der Waals surface area contributed by atoms with E-state index in [0.717, 1.165) is 5.01 Å². The lowest BCUT2D eigenvalue weighted by Gasteiger charge is -2.41. The van der Waals surface area contributed by atoms with E-state index in [-0.39, 0.29) is 24.2 Å². The number of nitrogens with one attached hydrogen (secondary N) is 1. The molecule has 21 heteroatoms. The molecular weight excluding hydrogens is 586 g/mol. The molecule has 2 atom stereocenters. The fourth-order valence-electron chi connectivity index (χ4n) is 3.71. The minimum absolute atomic E-state index is 0.00493. The highest BCUT2D eigenvalue weighted by Crippen LogP contribution is 3.02. The summed E-state index contributed by atoms with van der Waals surface area (Å²) >= 11 is 0. The molecule has 12 nitrogen and oxygen atoms in total. The van der Waals surface area contributed by atoms with Crippen LogP contribution in [-0.2, 0) is 20.3 Å². The third kappa shape index (κ3) is 6.97. The molecule has 39 heavy (non-hydrogen) atoms. The second kappa shape index (κ2) is 9.30. The molecule has 1 unspecified atom stereocenters. The molecule has 0 saturated carbocycles. The van der Waals surface area contributed by atoms with E-state index in [1.807, 2.05) is 0 Å². The molecule has 1 aromatic rings. The lowest BCUT2D eigenvalue weighted by molar-refractivity contribution is -0.793. The second-order valence-electron chi connectivity index (χ2n) is 8.33. The van der Waals surface area contributed by atoms with Crippen LogP contribution in [0.5, 0.6) is 5.75 Å². The zero-order chi connectivity index (χ0) is 29.7. The Labute approximate surface area is 212 Å². The van der Waals surface area contributed by atoms with Gasteiger partial charge in [-0.05, 0) is 31.1 Å². The third-order valence-corrected chi connectivity index (χ3v) is 6.57. The van der Waals surface area contributed by atoms with Gasteiger partial charge >= 0.3 is 28.3 Å². The zero-order valence-electron chi connectivity index (χ0n) is 19.1. The van der Waals surface area contributed by atoms with E-state index in [4.69, 9.17) is 0 Å². The molecule has 2 heterocycles. The van der Waals surface area contributed by atoms with Crippen molar-refractivity contribution < 1.29 is 77.1 Å². The summed E-state index contributed by atoms with van der Waals surface area (Å²) in [6, 6.07) is -1.71. The lowest BCUT2D eigenvalue weighted by Crippen LogP contribution is -2.46. The number of ether oxygens (including phenoxy) is 2. The standard InChI is InChI=1S/C18H20F8N3O9S/c19-17(20,21)15-12(16(31)36-8-37-27-29(35)28-3-1-2-10(28)7-30)5-9-4-11(39(22,23,24,25)26)6-13(14(9)38-15)18(32,33)34/h4-6,10,15,30,32-34H,1-3,7-8H2,(H,27,35)/q+1/t10-,15?/m0/s1. The predicted octanol–water partition coefficient (Wildman–Crippen LogP) is 2.23. The highest BCUT2D eigenvalue weighted by Gasteiger charge is 2.66. The number of hydrogen-bond donors (Lipinski definition) is 5. The SMILES string of the molecule is O=C(OCON[N+](=O)N1CCC[C@H]1CO)C1=Cc2cc(S(F)(F)(F)(F)F)cc(C(O)(O)O)c2OC1C(F)(F)F. The monoisotopic (exact) mass is 606 g/mol. The van der Waals surface area contributed by atoms with Gasteiger partial charge in [-0.15, -0.1) is 5.01 Å². The summed E-state index contributed by atoms with van der Waals surface area (Å²) < 4.78 is 117. The molecule has 1 aromatic carbocycles. The van der Waals surface area contributed by atoms with Crippen LogP contribution in [0.2, 0.25) is 0 Å². The van der Waals surface area contributed by atoms with Crippen LogP contribution in [0.15, 0.2) is 22.6 Å². The minimum atomic E-state index is -10.6. The Kier molecular flexibility index (Phi) is 7.29. The van der Waals surface area contributed by atoms with Gasteiger partial charge in [0, 0.05) is 11.2 Å². The summed E-state index contributed by atoms with van der Waals surface area (Å²) in [5.41, 5.74) is -3.11. The number of carbonyl (C=O) groups is 1. The molecule has 2 aliphatic heterocycles. The number of aliphatic hydroxyl groups is 4. The number of fused-ring (bicyclic) bond motifs is 1. The number of carbonyl (C=O) groups excluding carboxylic acids is 1. The summed E-state index contributed by atoms with van der Waals surface area (Å²) in [5, 5.41) is 38.3. The van der Waals surface area contributed by atoms with Crippen molar-refractivity contribution in [3.63, 3.8) is 0 Å². The van der Waals surface area contributed by atoms with E-state index in [1.54, 1.807) is 5.59 Å². The van der Waals surface area contributed by atoms with Gasteiger partial charge in [0.05, 0.1) is 29.2 Å². The second-order valence-corrected chi connectivity index (χ2v) is 10.7. The van der Waals surface area contributed by atoms with Gasteiger partial charge in [0.2, 0.25) is 12.9 Å². The first-order chi connectivity index (χ1) is 17.5. The Morgan fingerprint density at radius 3 is 2.36 bits per heavy atom. The van der Waals surface area contributed by atoms with Gasteiger partial charge in [0.25, 0.3) is 4.98 Å². The Morgan fingerprint density at radius 1 is 1.18 bits per heavy atom. The maximum Gasteiger partial charge on any atom is 0.430 e. The Bertz CT molecular complexity index is 1190. The smallest absolute Gasteiger partial charge is 0.430 e. The third-order valence-electron chi connectivity index (χ3n) is 5.44. The van der Waals surface area contributed by atoms with Gasteiger partial charge in [-0.3, -0.25) is 0 Å². The number of hydrogen-bond acceptors (Lipinski definition) is 9. The first kappa shape index (κ1) is 30.6. The molecule has 5 N–H and O–H groups in total. The van der Waals surface area contributed by atoms with E-state index < -0.39 is 86.8 Å². The molecule has 2 aliphatic rings. The highest BCUT2D eigenvalue weighted by atomic mass is 32.5. The number of rotatable bonds is 9. The topological polar surface area (TPSA) is 161 Å². The predicted molar refractivity (Wildman–Crippen MR) is 110 cm³/mol. The maximum absolute atomic E-state index is 13.6. The number of esters is 1. The average Bonchev–Trinajstić information content (AvgIpc) is 3.26. The summed E-state index contributed by atoms with van der Waals surface area (Å²) in [4.78, 5) is 25.9. The molecule has 0 bridgehead atoms. The van der Waals surface area contributed by atoms with Gasteiger partial charge in [0.1, 0.15) is 16.7 Å². The van der Waals surface area contributed by atoms with Crippen LogP contribution in [0.25, 0.3) is 6.08 Å².